The molecule has 1 aliphatic rings. The predicted octanol–water partition coefficient (Wildman–Crippen LogP) is 1.22. The molecule has 0 amide bonds. The third-order valence-electron chi connectivity index (χ3n) is 2.38. The maximum absolute atomic E-state index is 13.2. The molecule has 0 unspecified atom stereocenters. The molecule has 74 valence electrons. The number of nitrogens with one attached hydrogen (secondary N) is 1. The number of fused-ring (bicyclic) bond motifs is 1. The average molecular weight is 195 g/mol. The first-order valence-electron chi connectivity index (χ1n) is 4.33. The fourth-order valence-electron chi connectivity index (χ4n) is 1.67. The van der Waals surface area contributed by atoms with Crippen LogP contribution in [0.25, 0.3) is 0 Å². The standard InChI is InChI=1S/C10H10FNO2/c1-14-10(13)6-2-3-9(11)8-5-12-4-7(6)8/h2-3,12H,4-5H2,1H3. The van der Waals surface area contributed by atoms with Gasteiger partial charge in [-0.05, 0) is 17.7 Å². The van der Waals surface area contributed by atoms with E-state index in [-0.39, 0.29) is 5.82 Å². The predicted molar refractivity (Wildman–Crippen MR) is 48.3 cm³/mol. The van der Waals surface area contributed by atoms with Crippen LogP contribution in [-0.2, 0) is 17.8 Å². The molecule has 0 aliphatic carbocycles. The third kappa shape index (κ3) is 1.28. The van der Waals surface area contributed by atoms with Gasteiger partial charge < -0.3 is 10.1 Å². The third-order valence-corrected chi connectivity index (χ3v) is 2.38. The number of esters is 1. The SMILES string of the molecule is COC(=O)c1ccc(F)c2c1CNC2. The molecular formula is C10H10FNO2. The van der Waals surface area contributed by atoms with Gasteiger partial charge in [-0.1, -0.05) is 0 Å². The smallest absolute Gasteiger partial charge is 0.338 e. The summed E-state index contributed by atoms with van der Waals surface area (Å²) in [6.45, 7) is 1.00. The van der Waals surface area contributed by atoms with Gasteiger partial charge in [0.15, 0.2) is 0 Å². The Morgan fingerprint density at radius 3 is 2.86 bits per heavy atom. The molecule has 3 nitrogen and oxygen atoms in total. The Morgan fingerprint density at radius 2 is 2.14 bits per heavy atom. The molecule has 1 heterocycles. The lowest BCUT2D eigenvalue weighted by Crippen LogP contribution is -2.07. The molecule has 1 aliphatic heterocycles. The van der Waals surface area contributed by atoms with Crippen LogP contribution in [0.5, 0.6) is 0 Å². The van der Waals surface area contributed by atoms with Crippen LogP contribution < -0.4 is 5.32 Å². The lowest BCUT2D eigenvalue weighted by molar-refractivity contribution is 0.0599. The minimum absolute atomic E-state index is 0.266. The number of carbonyl (C=O) groups is 1. The number of hydrogen-bond donors (Lipinski definition) is 1. The first kappa shape index (κ1) is 9.15. The summed E-state index contributed by atoms with van der Waals surface area (Å²) in [6.07, 6.45) is 0. The van der Waals surface area contributed by atoms with E-state index in [1.54, 1.807) is 0 Å². The fourth-order valence-corrected chi connectivity index (χ4v) is 1.67. The average Bonchev–Trinajstić information content (AvgIpc) is 2.67. The number of carbonyl (C=O) groups excluding carboxylic acids is 1. The summed E-state index contributed by atoms with van der Waals surface area (Å²) in [4.78, 5) is 11.3. The summed E-state index contributed by atoms with van der Waals surface area (Å²) in [6, 6.07) is 2.77. The molecule has 0 spiro atoms. The van der Waals surface area contributed by atoms with Crippen molar-refractivity contribution >= 4 is 5.97 Å². The number of halogens is 1. The van der Waals surface area contributed by atoms with Crippen molar-refractivity contribution in [3.05, 3.63) is 34.6 Å². The molecule has 4 heteroatoms. The van der Waals surface area contributed by atoms with Crippen LogP contribution in [0.15, 0.2) is 12.1 Å². The fraction of sp³-hybridized carbons (Fsp3) is 0.300. The van der Waals surface area contributed by atoms with E-state index in [9.17, 15) is 9.18 Å². The summed E-state index contributed by atoms with van der Waals surface area (Å²) in [5, 5.41) is 3.00. The monoisotopic (exact) mass is 195 g/mol. The largest absolute Gasteiger partial charge is 0.465 e. The topological polar surface area (TPSA) is 38.3 Å². The second kappa shape index (κ2) is 3.38. The Labute approximate surface area is 80.9 Å². The lowest BCUT2D eigenvalue weighted by atomic mass is 10.0. The molecular weight excluding hydrogens is 185 g/mol. The summed E-state index contributed by atoms with van der Waals surface area (Å²) in [7, 11) is 1.32. The molecule has 0 saturated heterocycles. The van der Waals surface area contributed by atoms with Gasteiger partial charge >= 0.3 is 5.97 Å². The number of ether oxygens (including phenoxy) is 1. The van der Waals surface area contributed by atoms with Gasteiger partial charge in [-0.25, -0.2) is 9.18 Å². The molecule has 0 aromatic heterocycles. The number of rotatable bonds is 1. The van der Waals surface area contributed by atoms with E-state index >= 15 is 0 Å². The lowest BCUT2D eigenvalue weighted by Gasteiger charge is -2.05. The zero-order valence-corrected chi connectivity index (χ0v) is 7.76. The molecule has 0 fully saturated rings. The van der Waals surface area contributed by atoms with Crippen LogP contribution in [0.1, 0.15) is 21.5 Å². The van der Waals surface area contributed by atoms with Gasteiger partial charge in [-0.15, -0.1) is 0 Å². The zero-order chi connectivity index (χ0) is 10.1. The van der Waals surface area contributed by atoms with E-state index < -0.39 is 5.97 Å². The first-order chi connectivity index (χ1) is 6.74. The normalized spacial score (nSPS) is 13.9. The van der Waals surface area contributed by atoms with E-state index in [1.807, 2.05) is 0 Å². The molecule has 0 bridgehead atoms. The van der Waals surface area contributed by atoms with E-state index in [0.29, 0.717) is 24.2 Å². The van der Waals surface area contributed by atoms with Crippen molar-refractivity contribution in [3.8, 4) is 0 Å². The number of hydrogen-bond acceptors (Lipinski definition) is 3. The summed E-state index contributed by atoms with van der Waals surface area (Å²) < 4.78 is 17.9. The van der Waals surface area contributed by atoms with Crippen molar-refractivity contribution in [2.75, 3.05) is 7.11 Å². The van der Waals surface area contributed by atoms with Crippen molar-refractivity contribution in [1.29, 1.82) is 0 Å². The zero-order valence-electron chi connectivity index (χ0n) is 7.76. The highest BCUT2D eigenvalue weighted by molar-refractivity contribution is 5.91. The molecule has 0 atom stereocenters. The highest BCUT2D eigenvalue weighted by Gasteiger charge is 2.21. The molecule has 1 aromatic carbocycles. The van der Waals surface area contributed by atoms with Crippen molar-refractivity contribution < 1.29 is 13.9 Å². The van der Waals surface area contributed by atoms with Gasteiger partial charge in [-0.2, -0.15) is 0 Å². The Balaban J connectivity index is 2.53. The summed E-state index contributed by atoms with van der Waals surface area (Å²) in [5.74, 6) is -0.678. The molecule has 1 aromatic rings. The van der Waals surface area contributed by atoms with E-state index in [4.69, 9.17) is 0 Å². The summed E-state index contributed by atoms with van der Waals surface area (Å²) >= 11 is 0. The second-order valence-corrected chi connectivity index (χ2v) is 3.15. The van der Waals surface area contributed by atoms with Gasteiger partial charge in [0.1, 0.15) is 5.82 Å². The van der Waals surface area contributed by atoms with E-state index in [1.165, 1.54) is 19.2 Å². The highest BCUT2D eigenvalue weighted by Crippen LogP contribution is 2.23. The molecule has 14 heavy (non-hydrogen) atoms. The minimum Gasteiger partial charge on any atom is -0.465 e. The van der Waals surface area contributed by atoms with Gasteiger partial charge in [0.05, 0.1) is 12.7 Å². The van der Waals surface area contributed by atoms with Crippen molar-refractivity contribution in [3.63, 3.8) is 0 Å². The summed E-state index contributed by atoms with van der Waals surface area (Å²) in [5.41, 5.74) is 1.75. The maximum Gasteiger partial charge on any atom is 0.338 e. The molecule has 2 rings (SSSR count). The van der Waals surface area contributed by atoms with Crippen molar-refractivity contribution in [1.82, 2.24) is 5.32 Å². The Kier molecular flexibility index (Phi) is 2.21. The number of methoxy groups -OCH3 is 1. The van der Waals surface area contributed by atoms with E-state index in [2.05, 4.69) is 10.1 Å². The Morgan fingerprint density at radius 1 is 1.43 bits per heavy atom. The second-order valence-electron chi connectivity index (χ2n) is 3.15. The van der Waals surface area contributed by atoms with Crippen LogP contribution in [0, 0.1) is 5.82 Å². The maximum atomic E-state index is 13.2. The molecule has 0 saturated carbocycles. The van der Waals surface area contributed by atoms with E-state index in [0.717, 1.165) is 5.56 Å². The molecule has 0 radical (unpaired) electrons. The van der Waals surface area contributed by atoms with Crippen molar-refractivity contribution in [2.24, 2.45) is 0 Å². The minimum atomic E-state index is -0.412. The van der Waals surface area contributed by atoms with Crippen LogP contribution in [-0.4, -0.2) is 13.1 Å². The Bertz CT molecular complexity index is 390. The van der Waals surface area contributed by atoms with Gasteiger partial charge in [0.25, 0.3) is 0 Å². The Hall–Kier alpha value is -1.42. The van der Waals surface area contributed by atoms with Gasteiger partial charge in [-0.3, -0.25) is 0 Å². The first-order valence-corrected chi connectivity index (χ1v) is 4.33. The number of benzene rings is 1. The highest BCUT2D eigenvalue weighted by atomic mass is 19.1. The van der Waals surface area contributed by atoms with Crippen molar-refractivity contribution in [2.45, 2.75) is 13.1 Å². The van der Waals surface area contributed by atoms with Crippen LogP contribution in [0.3, 0.4) is 0 Å². The van der Waals surface area contributed by atoms with Crippen LogP contribution in [0.4, 0.5) is 4.39 Å². The molecule has 1 N–H and O–H groups in total. The quantitative estimate of drug-likeness (QED) is 0.684. The van der Waals surface area contributed by atoms with Gasteiger partial charge in [0.2, 0.25) is 0 Å². The van der Waals surface area contributed by atoms with Crippen LogP contribution >= 0.6 is 0 Å². The van der Waals surface area contributed by atoms with Gasteiger partial charge in [0, 0.05) is 18.7 Å². The van der Waals surface area contributed by atoms with Crippen LogP contribution in [0.2, 0.25) is 0 Å².